The topological polar surface area (TPSA) is 26.3 Å². The molecule has 0 aromatic rings. The molecule has 94 valence electrons. The van der Waals surface area contributed by atoms with Gasteiger partial charge in [-0.3, -0.25) is 4.79 Å². The first kappa shape index (κ1) is 15.2. The molecule has 0 aliphatic rings. The Bertz CT molecular complexity index is 236. The van der Waals surface area contributed by atoms with Crippen molar-refractivity contribution >= 4 is 5.97 Å². The van der Waals surface area contributed by atoms with Gasteiger partial charge in [-0.2, -0.15) is 0 Å². The van der Waals surface area contributed by atoms with Gasteiger partial charge in [-0.25, -0.2) is 0 Å². The minimum Gasteiger partial charge on any atom is -0.432 e. The minimum absolute atomic E-state index is 0.271. The number of ether oxygens (including phenoxy) is 1. The summed E-state index contributed by atoms with van der Waals surface area (Å²) in [6.07, 6.45) is 4.40. The van der Waals surface area contributed by atoms with Crippen LogP contribution in [0.25, 0.3) is 0 Å². The average molecular weight is 226 g/mol. The number of esters is 1. The van der Waals surface area contributed by atoms with Crippen LogP contribution in [0.15, 0.2) is 12.3 Å². The molecule has 0 aromatic carbocycles. The predicted octanol–water partition coefficient (Wildman–Crippen LogP) is 4.31. The van der Waals surface area contributed by atoms with Crippen molar-refractivity contribution in [1.29, 1.82) is 0 Å². The second-order valence-corrected chi connectivity index (χ2v) is 5.89. The Morgan fingerprint density at radius 3 is 2.38 bits per heavy atom. The summed E-state index contributed by atoms with van der Waals surface area (Å²) in [4.78, 5) is 10.7. The molecular weight excluding hydrogens is 200 g/mol. The first-order valence-corrected chi connectivity index (χ1v) is 6.07. The first-order chi connectivity index (χ1) is 7.20. The van der Waals surface area contributed by atoms with E-state index >= 15 is 0 Å². The maximum Gasteiger partial charge on any atom is 0.307 e. The van der Waals surface area contributed by atoms with Crippen LogP contribution in [0.3, 0.4) is 0 Å². The third-order valence-corrected chi connectivity index (χ3v) is 2.49. The van der Waals surface area contributed by atoms with Gasteiger partial charge in [0.1, 0.15) is 5.76 Å². The van der Waals surface area contributed by atoms with Crippen molar-refractivity contribution in [3.63, 3.8) is 0 Å². The van der Waals surface area contributed by atoms with Crippen LogP contribution in [-0.4, -0.2) is 5.97 Å². The van der Waals surface area contributed by atoms with Crippen LogP contribution in [0.2, 0.25) is 0 Å². The summed E-state index contributed by atoms with van der Waals surface area (Å²) in [7, 11) is 0. The molecule has 0 aliphatic heterocycles. The van der Waals surface area contributed by atoms with Crippen LogP contribution < -0.4 is 0 Å². The fourth-order valence-corrected chi connectivity index (χ4v) is 1.72. The number of allylic oxidation sites excluding steroid dienone is 1. The van der Waals surface area contributed by atoms with Crippen LogP contribution in [0.5, 0.6) is 0 Å². The Hall–Kier alpha value is -0.790. The number of hydrogen-bond acceptors (Lipinski definition) is 2. The lowest BCUT2D eigenvalue weighted by Crippen LogP contribution is -2.07. The second kappa shape index (κ2) is 6.72. The van der Waals surface area contributed by atoms with Gasteiger partial charge in [0.25, 0.3) is 0 Å². The quantitative estimate of drug-likeness (QED) is 0.498. The van der Waals surface area contributed by atoms with E-state index in [1.54, 1.807) is 0 Å². The van der Waals surface area contributed by atoms with E-state index in [4.69, 9.17) is 4.74 Å². The molecule has 0 amide bonds. The normalized spacial score (nSPS) is 13.3. The largest absolute Gasteiger partial charge is 0.432 e. The zero-order valence-electron chi connectivity index (χ0n) is 11.4. The fourth-order valence-electron chi connectivity index (χ4n) is 1.72. The highest BCUT2D eigenvalue weighted by molar-refractivity contribution is 5.67. The Morgan fingerprint density at radius 1 is 1.38 bits per heavy atom. The van der Waals surface area contributed by atoms with E-state index in [-0.39, 0.29) is 5.97 Å². The van der Waals surface area contributed by atoms with Crippen LogP contribution in [0.4, 0.5) is 0 Å². The van der Waals surface area contributed by atoms with E-state index < -0.39 is 0 Å². The molecule has 0 unspecified atom stereocenters. The lowest BCUT2D eigenvalue weighted by molar-refractivity contribution is -0.137. The molecule has 16 heavy (non-hydrogen) atoms. The molecule has 2 heteroatoms. The van der Waals surface area contributed by atoms with Gasteiger partial charge in [0.05, 0.1) is 0 Å². The highest BCUT2D eigenvalue weighted by Gasteiger charge is 2.12. The molecule has 0 heterocycles. The summed E-state index contributed by atoms with van der Waals surface area (Å²) in [5, 5.41) is 0. The predicted molar refractivity (Wildman–Crippen MR) is 68.0 cm³/mol. The fraction of sp³-hybridized carbons (Fsp3) is 0.786. The van der Waals surface area contributed by atoms with Gasteiger partial charge in [0, 0.05) is 13.3 Å². The van der Waals surface area contributed by atoms with Crippen molar-refractivity contribution in [3.05, 3.63) is 12.3 Å². The monoisotopic (exact) mass is 226 g/mol. The van der Waals surface area contributed by atoms with Gasteiger partial charge in [0.2, 0.25) is 0 Å². The molecule has 1 atom stereocenters. The number of rotatable bonds is 6. The van der Waals surface area contributed by atoms with Crippen molar-refractivity contribution < 1.29 is 9.53 Å². The summed E-state index contributed by atoms with van der Waals surface area (Å²) in [6, 6.07) is 0. The van der Waals surface area contributed by atoms with E-state index in [1.807, 2.05) is 0 Å². The van der Waals surface area contributed by atoms with Gasteiger partial charge in [-0.1, -0.05) is 47.1 Å². The van der Waals surface area contributed by atoms with Crippen molar-refractivity contribution in [2.24, 2.45) is 11.3 Å². The van der Waals surface area contributed by atoms with Crippen molar-refractivity contribution in [3.8, 4) is 0 Å². The Morgan fingerprint density at radius 2 is 1.94 bits per heavy atom. The van der Waals surface area contributed by atoms with Crippen LogP contribution >= 0.6 is 0 Å². The van der Waals surface area contributed by atoms with E-state index in [2.05, 4.69) is 34.3 Å². The third-order valence-electron chi connectivity index (χ3n) is 2.49. The lowest BCUT2D eigenvalue weighted by Gasteiger charge is -2.19. The zero-order valence-corrected chi connectivity index (χ0v) is 11.4. The van der Waals surface area contributed by atoms with Crippen molar-refractivity contribution in [2.45, 2.75) is 60.3 Å². The highest BCUT2D eigenvalue weighted by atomic mass is 16.5. The summed E-state index contributed by atoms with van der Waals surface area (Å²) >= 11 is 0. The molecule has 0 bridgehead atoms. The average Bonchev–Trinajstić information content (AvgIpc) is 1.98. The van der Waals surface area contributed by atoms with Crippen LogP contribution in [0, 0.1) is 11.3 Å². The number of carbonyl (C=O) groups is 1. The summed E-state index contributed by atoms with van der Waals surface area (Å²) in [5.41, 5.74) is 0.409. The molecule has 0 spiro atoms. The number of carbonyl (C=O) groups excluding carboxylic acids is 1. The van der Waals surface area contributed by atoms with Gasteiger partial charge in [-0.15, -0.1) is 0 Å². The summed E-state index contributed by atoms with van der Waals surface area (Å²) in [5.74, 6) is 0.858. The number of hydrogen-bond donors (Lipinski definition) is 0. The van der Waals surface area contributed by atoms with Crippen LogP contribution in [-0.2, 0) is 9.53 Å². The Labute approximate surface area is 100 Å². The smallest absolute Gasteiger partial charge is 0.307 e. The van der Waals surface area contributed by atoms with Crippen molar-refractivity contribution in [2.75, 3.05) is 0 Å². The summed E-state index contributed by atoms with van der Waals surface area (Å²) < 4.78 is 4.93. The van der Waals surface area contributed by atoms with E-state index in [9.17, 15) is 4.79 Å². The van der Waals surface area contributed by atoms with E-state index in [0.29, 0.717) is 17.1 Å². The Balaban J connectivity index is 3.70. The molecule has 0 rings (SSSR count). The molecule has 0 aliphatic carbocycles. The standard InChI is InChI=1S/C14H26O2/c1-11(8-7-9-14(4,5)6)10-12(2)16-13(3)15/h11H,2,7-10H2,1,3-6H3/t11-/m0/s1. The third kappa shape index (κ3) is 9.75. The molecule has 0 saturated heterocycles. The maximum atomic E-state index is 10.7. The molecule has 0 N–H and O–H groups in total. The minimum atomic E-state index is -0.271. The van der Waals surface area contributed by atoms with Gasteiger partial charge in [0.15, 0.2) is 0 Å². The maximum absolute atomic E-state index is 10.7. The first-order valence-electron chi connectivity index (χ1n) is 6.07. The lowest BCUT2D eigenvalue weighted by atomic mass is 9.87. The Kier molecular flexibility index (Phi) is 6.39. The van der Waals surface area contributed by atoms with E-state index in [0.717, 1.165) is 12.8 Å². The van der Waals surface area contributed by atoms with Gasteiger partial charge in [-0.05, 0) is 17.8 Å². The van der Waals surface area contributed by atoms with Gasteiger partial charge >= 0.3 is 5.97 Å². The van der Waals surface area contributed by atoms with Crippen LogP contribution in [0.1, 0.15) is 60.3 Å². The highest BCUT2D eigenvalue weighted by Crippen LogP contribution is 2.25. The van der Waals surface area contributed by atoms with Gasteiger partial charge < -0.3 is 4.74 Å². The SMILES string of the molecule is C=C(C[C@@H](C)CCCC(C)(C)C)OC(C)=O. The molecule has 0 radical (unpaired) electrons. The summed E-state index contributed by atoms with van der Waals surface area (Å²) in [6.45, 7) is 14.1. The second-order valence-electron chi connectivity index (χ2n) is 5.89. The van der Waals surface area contributed by atoms with Crippen molar-refractivity contribution in [1.82, 2.24) is 0 Å². The molecule has 2 nitrogen and oxygen atoms in total. The molecule has 0 aromatic heterocycles. The zero-order chi connectivity index (χ0) is 12.8. The molecular formula is C14H26O2. The van der Waals surface area contributed by atoms with E-state index in [1.165, 1.54) is 19.8 Å². The molecule has 0 saturated carbocycles. The molecule has 0 fully saturated rings.